The van der Waals surface area contributed by atoms with Crippen molar-refractivity contribution in [3.05, 3.63) is 23.8 Å². The second kappa shape index (κ2) is 6.77. The third-order valence-corrected chi connectivity index (χ3v) is 2.17. The zero-order valence-corrected chi connectivity index (χ0v) is 10.5. The summed E-state index contributed by atoms with van der Waals surface area (Å²) >= 11 is 0. The van der Waals surface area contributed by atoms with Gasteiger partial charge in [0.15, 0.2) is 17.6 Å². The van der Waals surface area contributed by atoms with Gasteiger partial charge in [-0.2, -0.15) is 5.26 Å². The van der Waals surface area contributed by atoms with Crippen LogP contribution in [0.25, 0.3) is 0 Å². The predicted octanol–water partition coefficient (Wildman–Crippen LogP) is 2.10. The second-order valence-corrected chi connectivity index (χ2v) is 3.63. The molecule has 1 atom stereocenters. The predicted molar refractivity (Wildman–Crippen MR) is 66.1 cm³/mol. The fourth-order valence-electron chi connectivity index (χ4n) is 1.45. The van der Waals surface area contributed by atoms with Crippen LogP contribution in [-0.4, -0.2) is 19.8 Å². The van der Waals surface area contributed by atoms with Gasteiger partial charge in [0.05, 0.1) is 6.61 Å². The fraction of sp³-hybridized carbons (Fsp3) is 0.462. The molecule has 4 heteroatoms. The zero-order valence-electron chi connectivity index (χ0n) is 10.5. The molecule has 0 aliphatic carbocycles. The van der Waals surface area contributed by atoms with Gasteiger partial charge in [0.25, 0.3) is 0 Å². The molecule has 0 saturated heterocycles. The summed E-state index contributed by atoms with van der Waals surface area (Å²) in [6, 6.07) is 7.76. The van der Waals surface area contributed by atoms with Crippen LogP contribution in [0.4, 0.5) is 0 Å². The Morgan fingerprint density at radius 1 is 1.41 bits per heavy atom. The van der Waals surface area contributed by atoms with Crippen molar-refractivity contribution in [2.75, 3.05) is 13.7 Å². The SMILES string of the molecule is CCOc1cc(CNC)ccc1OC(C)C#N. The first kappa shape index (κ1) is 13.3. The minimum atomic E-state index is -0.482. The molecule has 0 amide bonds. The summed E-state index contributed by atoms with van der Waals surface area (Å²) in [4.78, 5) is 0. The average Bonchev–Trinajstić information content (AvgIpc) is 2.33. The molecule has 0 fully saturated rings. The Morgan fingerprint density at radius 3 is 2.76 bits per heavy atom. The van der Waals surface area contributed by atoms with Gasteiger partial charge in [-0.15, -0.1) is 0 Å². The van der Waals surface area contributed by atoms with Crippen LogP contribution in [0, 0.1) is 11.3 Å². The molecule has 92 valence electrons. The number of hydrogen-bond donors (Lipinski definition) is 1. The third-order valence-electron chi connectivity index (χ3n) is 2.17. The molecular weight excluding hydrogens is 216 g/mol. The van der Waals surface area contributed by atoms with Gasteiger partial charge in [0, 0.05) is 6.54 Å². The summed E-state index contributed by atoms with van der Waals surface area (Å²) in [7, 11) is 1.89. The Labute approximate surface area is 102 Å². The standard InChI is InChI=1S/C13H18N2O2/c1-4-16-13-7-11(9-15-3)5-6-12(13)17-10(2)8-14/h5-7,10,15H,4,9H2,1-3H3. The summed E-state index contributed by atoms with van der Waals surface area (Å²) in [5.41, 5.74) is 1.12. The van der Waals surface area contributed by atoms with E-state index in [-0.39, 0.29) is 0 Å². The molecule has 0 saturated carbocycles. The number of nitriles is 1. The number of ether oxygens (including phenoxy) is 2. The highest BCUT2D eigenvalue weighted by Crippen LogP contribution is 2.29. The maximum Gasteiger partial charge on any atom is 0.181 e. The van der Waals surface area contributed by atoms with E-state index in [1.165, 1.54) is 0 Å². The van der Waals surface area contributed by atoms with Crippen molar-refractivity contribution in [3.63, 3.8) is 0 Å². The van der Waals surface area contributed by atoms with Gasteiger partial charge in [-0.1, -0.05) is 6.07 Å². The summed E-state index contributed by atoms with van der Waals surface area (Å²) in [5.74, 6) is 1.29. The van der Waals surface area contributed by atoms with Crippen molar-refractivity contribution < 1.29 is 9.47 Å². The molecule has 4 nitrogen and oxygen atoms in total. The smallest absolute Gasteiger partial charge is 0.181 e. The number of benzene rings is 1. The third kappa shape index (κ3) is 3.97. The monoisotopic (exact) mass is 234 g/mol. The van der Waals surface area contributed by atoms with Crippen molar-refractivity contribution in [1.29, 1.82) is 5.26 Å². The molecule has 1 unspecified atom stereocenters. The molecule has 17 heavy (non-hydrogen) atoms. The van der Waals surface area contributed by atoms with Crippen LogP contribution in [0.5, 0.6) is 11.5 Å². The van der Waals surface area contributed by atoms with Crippen molar-refractivity contribution in [3.8, 4) is 17.6 Å². The van der Waals surface area contributed by atoms with Crippen LogP contribution in [-0.2, 0) is 6.54 Å². The molecule has 0 aromatic heterocycles. The highest BCUT2D eigenvalue weighted by Gasteiger charge is 2.09. The van der Waals surface area contributed by atoms with Gasteiger partial charge >= 0.3 is 0 Å². The highest BCUT2D eigenvalue weighted by molar-refractivity contribution is 5.43. The molecule has 1 rings (SSSR count). The van der Waals surface area contributed by atoms with Crippen molar-refractivity contribution >= 4 is 0 Å². The molecule has 0 heterocycles. The lowest BCUT2D eigenvalue weighted by Crippen LogP contribution is -2.10. The van der Waals surface area contributed by atoms with E-state index in [0.717, 1.165) is 12.1 Å². The van der Waals surface area contributed by atoms with Gasteiger partial charge in [-0.3, -0.25) is 0 Å². The summed E-state index contributed by atoms with van der Waals surface area (Å²) in [6.07, 6.45) is -0.482. The lowest BCUT2D eigenvalue weighted by Gasteiger charge is -2.14. The molecule has 1 aromatic rings. The van der Waals surface area contributed by atoms with Crippen LogP contribution >= 0.6 is 0 Å². The lowest BCUT2D eigenvalue weighted by atomic mass is 10.2. The van der Waals surface area contributed by atoms with Crippen molar-refractivity contribution in [1.82, 2.24) is 5.32 Å². The van der Waals surface area contributed by atoms with Gasteiger partial charge in [0.1, 0.15) is 6.07 Å². The maximum atomic E-state index is 8.73. The average molecular weight is 234 g/mol. The van der Waals surface area contributed by atoms with E-state index in [2.05, 4.69) is 5.32 Å². The van der Waals surface area contributed by atoms with Gasteiger partial charge in [0.2, 0.25) is 0 Å². The molecule has 0 radical (unpaired) electrons. The van der Waals surface area contributed by atoms with Gasteiger partial charge < -0.3 is 14.8 Å². The largest absolute Gasteiger partial charge is 0.490 e. The van der Waals surface area contributed by atoms with Gasteiger partial charge in [-0.25, -0.2) is 0 Å². The summed E-state index contributed by atoms with van der Waals surface area (Å²) in [6.45, 7) is 4.97. The zero-order chi connectivity index (χ0) is 12.7. The lowest BCUT2D eigenvalue weighted by molar-refractivity contribution is 0.250. The number of nitrogens with zero attached hydrogens (tertiary/aromatic N) is 1. The Kier molecular flexibility index (Phi) is 5.31. The molecule has 0 bridgehead atoms. The van der Waals surface area contributed by atoms with E-state index in [0.29, 0.717) is 18.1 Å². The number of rotatable bonds is 6. The first-order valence-electron chi connectivity index (χ1n) is 5.67. The molecule has 0 spiro atoms. The molecule has 0 aliphatic heterocycles. The highest BCUT2D eigenvalue weighted by atomic mass is 16.5. The van der Waals surface area contributed by atoms with E-state index in [1.54, 1.807) is 6.92 Å². The minimum Gasteiger partial charge on any atom is -0.490 e. The summed E-state index contributed by atoms with van der Waals surface area (Å²) in [5, 5.41) is 11.8. The van der Waals surface area contributed by atoms with Gasteiger partial charge in [-0.05, 0) is 38.6 Å². The van der Waals surface area contributed by atoms with Crippen molar-refractivity contribution in [2.24, 2.45) is 0 Å². The molecule has 1 N–H and O–H groups in total. The first-order chi connectivity index (χ1) is 8.21. The summed E-state index contributed by atoms with van der Waals surface area (Å²) < 4.78 is 11.0. The van der Waals surface area contributed by atoms with E-state index < -0.39 is 6.10 Å². The van der Waals surface area contributed by atoms with Crippen LogP contribution in [0.1, 0.15) is 19.4 Å². The van der Waals surface area contributed by atoms with Crippen LogP contribution in [0.3, 0.4) is 0 Å². The van der Waals surface area contributed by atoms with Crippen LogP contribution < -0.4 is 14.8 Å². The molecule has 0 aliphatic rings. The molecular formula is C13H18N2O2. The Bertz CT molecular complexity index is 399. The van der Waals surface area contributed by atoms with Crippen LogP contribution in [0.15, 0.2) is 18.2 Å². The van der Waals surface area contributed by atoms with E-state index in [1.807, 2.05) is 38.2 Å². The Hall–Kier alpha value is -1.73. The second-order valence-electron chi connectivity index (χ2n) is 3.63. The maximum absolute atomic E-state index is 8.73. The van der Waals surface area contributed by atoms with Crippen molar-refractivity contribution in [2.45, 2.75) is 26.5 Å². The van der Waals surface area contributed by atoms with E-state index >= 15 is 0 Å². The van der Waals surface area contributed by atoms with Crippen LogP contribution in [0.2, 0.25) is 0 Å². The number of hydrogen-bond acceptors (Lipinski definition) is 4. The quantitative estimate of drug-likeness (QED) is 0.819. The Balaban J connectivity index is 2.91. The Morgan fingerprint density at radius 2 is 2.18 bits per heavy atom. The first-order valence-corrected chi connectivity index (χ1v) is 5.67. The minimum absolute atomic E-state index is 0.482. The van der Waals surface area contributed by atoms with E-state index in [4.69, 9.17) is 14.7 Å². The number of nitrogens with one attached hydrogen (secondary N) is 1. The fourth-order valence-corrected chi connectivity index (χ4v) is 1.45. The normalized spacial score (nSPS) is 11.6. The topological polar surface area (TPSA) is 54.3 Å². The van der Waals surface area contributed by atoms with E-state index in [9.17, 15) is 0 Å². The molecule has 1 aromatic carbocycles.